The molecule has 0 spiro atoms. The maximum atomic E-state index is 6.14. The van der Waals surface area contributed by atoms with Crippen molar-refractivity contribution in [3.05, 3.63) is 33.8 Å². The molecule has 1 aromatic carbocycles. The number of nitrogens with zero attached hydrogens (tertiary/aromatic N) is 1. The van der Waals surface area contributed by atoms with Crippen LogP contribution in [0.25, 0.3) is 0 Å². The lowest BCUT2D eigenvalue weighted by atomic mass is 10.1. The fourth-order valence-electron chi connectivity index (χ4n) is 1.24. The topological polar surface area (TPSA) is 3.24 Å². The highest BCUT2D eigenvalue weighted by Crippen LogP contribution is 2.27. The van der Waals surface area contributed by atoms with Crippen LogP contribution >= 0.6 is 39.1 Å². The molecule has 0 bridgehead atoms. The van der Waals surface area contributed by atoms with E-state index < -0.39 is 0 Å². The van der Waals surface area contributed by atoms with E-state index in [1.165, 1.54) is 0 Å². The number of hydrogen-bond acceptors (Lipinski definition) is 1. The van der Waals surface area contributed by atoms with Gasteiger partial charge in [-0.1, -0.05) is 45.2 Å². The van der Waals surface area contributed by atoms with Crippen LogP contribution in [0.1, 0.15) is 19.4 Å². The Balaban J connectivity index is 2.89. The molecule has 0 N–H and O–H groups in total. The molecule has 1 rings (SSSR count). The number of alkyl halides is 1. The summed E-state index contributed by atoms with van der Waals surface area (Å²) in [7, 11) is 2.07. The standard InChI is InChI=1S/C12H16BrCl2N/c1-12(2,8-13)16(3)7-9-10(14)5-4-6-11(9)15/h4-6H,7-8H2,1-3H3. The summed E-state index contributed by atoms with van der Waals surface area (Å²) in [5.74, 6) is 0. The van der Waals surface area contributed by atoms with Crippen molar-refractivity contribution in [1.29, 1.82) is 0 Å². The van der Waals surface area contributed by atoms with E-state index >= 15 is 0 Å². The monoisotopic (exact) mass is 323 g/mol. The van der Waals surface area contributed by atoms with Gasteiger partial charge in [-0.15, -0.1) is 0 Å². The predicted octanol–water partition coefficient (Wildman–Crippen LogP) is 4.60. The van der Waals surface area contributed by atoms with Crippen molar-refractivity contribution >= 4 is 39.1 Å². The third-order valence-electron chi connectivity index (χ3n) is 2.82. The second kappa shape index (κ2) is 5.72. The summed E-state index contributed by atoms with van der Waals surface area (Å²) in [4.78, 5) is 2.23. The average molecular weight is 325 g/mol. The summed E-state index contributed by atoms with van der Waals surface area (Å²) in [6.07, 6.45) is 0. The molecule has 0 aromatic heterocycles. The largest absolute Gasteiger partial charge is 0.296 e. The Labute approximate surface area is 116 Å². The van der Waals surface area contributed by atoms with Gasteiger partial charge in [0.2, 0.25) is 0 Å². The van der Waals surface area contributed by atoms with Gasteiger partial charge >= 0.3 is 0 Å². The Hall–Kier alpha value is 0.240. The average Bonchev–Trinajstić information content (AvgIpc) is 2.23. The van der Waals surface area contributed by atoms with Gasteiger partial charge in [-0.25, -0.2) is 0 Å². The third kappa shape index (κ3) is 3.36. The van der Waals surface area contributed by atoms with E-state index in [1.54, 1.807) is 0 Å². The predicted molar refractivity (Wildman–Crippen MR) is 75.8 cm³/mol. The van der Waals surface area contributed by atoms with Crippen LogP contribution in [0.5, 0.6) is 0 Å². The van der Waals surface area contributed by atoms with Gasteiger partial charge < -0.3 is 0 Å². The molecule has 0 aliphatic heterocycles. The van der Waals surface area contributed by atoms with E-state index in [-0.39, 0.29) is 5.54 Å². The second-order valence-electron chi connectivity index (χ2n) is 4.50. The zero-order valence-electron chi connectivity index (χ0n) is 9.73. The molecule has 90 valence electrons. The van der Waals surface area contributed by atoms with E-state index in [0.717, 1.165) is 27.5 Å². The van der Waals surface area contributed by atoms with Gasteiger partial charge in [-0.05, 0) is 33.0 Å². The Morgan fingerprint density at radius 2 is 1.75 bits per heavy atom. The zero-order chi connectivity index (χ0) is 12.3. The molecule has 0 unspecified atom stereocenters. The first-order chi connectivity index (χ1) is 7.38. The number of rotatable bonds is 4. The van der Waals surface area contributed by atoms with Crippen molar-refractivity contribution in [2.24, 2.45) is 0 Å². The lowest BCUT2D eigenvalue weighted by Gasteiger charge is -2.34. The molecule has 0 aliphatic carbocycles. The lowest BCUT2D eigenvalue weighted by molar-refractivity contribution is 0.173. The second-order valence-corrected chi connectivity index (χ2v) is 5.88. The third-order valence-corrected chi connectivity index (χ3v) is 4.90. The minimum Gasteiger partial charge on any atom is -0.296 e. The van der Waals surface area contributed by atoms with Crippen molar-refractivity contribution in [3.8, 4) is 0 Å². The molecular formula is C12H16BrCl2N. The summed E-state index contributed by atoms with van der Waals surface area (Å²) >= 11 is 15.8. The molecular weight excluding hydrogens is 309 g/mol. The summed E-state index contributed by atoms with van der Waals surface area (Å²) in [5.41, 5.74) is 1.06. The minimum absolute atomic E-state index is 0.0719. The van der Waals surface area contributed by atoms with Gasteiger partial charge in [0.25, 0.3) is 0 Å². The van der Waals surface area contributed by atoms with Gasteiger partial charge in [-0.2, -0.15) is 0 Å². The van der Waals surface area contributed by atoms with Crippen LogP contribution in [-0.2, 0) is 6.54 Å². The van der Waals surface area contributed by atoms with Crippen LogP contribution in [0.15, 0.2) is 18.2 Å². The smallest absolute Gasteiger partial charge is 0.0465 e. The summed E-state index contributed by atoms with van der Waals surface area (Å²) in [6, 6.07) is 5.61. The van der Waals surface area contributed by atoms with E-state index in [0.29, 0.717) is 0 Å². The van der Waals surface area contributed by atoms with Crippen molar-refractivity contribution in [1.82, 2.24) is 4.90 Å². The molecule has 1 aromatic rings. The van der Waals surface area contributed by atoms with Gasteiger partial charge in [-0.3, -0.25) is 4.90 Å². The number of benzene rings is 1. The van der Waals surface area contributed by atoms with E-state index in [4.69, 9.17) is 23.2 Å². The van der Waals surface area contributed by atoms with Crippen molar-refractivity contribution in [2.45, 2.75) is 25.9 Å². The Morgan fingerprint density at radius 3 is 2.19 bits per heavy atom. The maximum absolute atomic E-state index is 6.14. The summed E-state index contributed by atoms with van der Waals surface area (Å²) < 4.78 is 0. The molecule has 0 fully saturated rings. The number of halogens is 3. The maximum Gasteiger partial charge on any atom is 0.0465 e. The van der Waals surface area contributed by atoms with Crippen molar-refractivity contribution < 1.29 is 0 Å². The lowest BCUT2D eigenvalue weighted by Crippen LogP contribution is -2.42. The molecule has 4 heteroatoms. The first-order valence-electron chi connectivity index (χ1n) is 5.08. The molecule has 0 aliphatic rings. The van der Waals surface area contributed by atoms with Gasteiger partial charge in [0, 0.05) is 33.0 Å². The summed E-state index contributed by atoms with van der Waals surface area (Å²) in [5, 5.41) is 2.35. The highest BCUT2D eigenvalue weighted by molar-refractivity contribution is 9.09. The minimum atomic E-state index is 0.0719. The molecule has 0 amide bonds. The zero-order valence-corrected chi connectivity index (χ0v) is 12.8. The Bertz CT molecular complexity index is 346. The van der Waals surface area contributed by atoms with Crippen LogP contribution in [0.3, 0.4) is 0 Å². The van der Waals surface area contributed by atoms with Crippen molar-refractivity contribution in [3.63, 3.8) is 0 Å². The molecule has 1 nitrogen and oxygen atoms in total. The Morgan fingerprint density at radius 1 is 1.25 bits per heavy atom. The normalized spacial score (nSPS) is 12.2. The van der Waals surface area contributed by atoms with Crippen LogP contribution in [0, 0.1) is 0 Å². The van der Waals surface area contributed by atoms with Gasteiger partial charge in [0.1, 0.15) is 0 Å². The van der Waals surface area contributed by atoms with Crippen LogP contribution in [0.2, 0.25) is 10.0 Å². The van der Waals surface area contributed by atoms with E-state index in [9.17, 15) is 0 Å². The molecule has 0 atom stereocenters. The van der Waals surface area contributed by atoms with Crippen LogP contribution < -0.4 is 0 Å². The molecule has 0 radical (unpaired) electrons. The first-order valence-corrected chi connectivity index (χ1v) is 6.96. The van der Waals surface area contributed by atoms with Crippen molar-refractivity contribution in [2.75, 3.05) is 12.4 Å². The fourth-order valence-corrected chi connectivity index (χ4v) is 2.18. The van der Waals surface area contributed by atoms with Crippen LogP contribution in [-0.4, -0.2) is 22.8 Å². The molecule has 16 heavy (non-hydrogen) atoms. The van der Waals surface area contributed by atoms with Gasteiger partial charge in [0.05, 0.1) is 0 Å². The number of hydrogen-bond donors (Lipinski definition) is 0. The fraction of sp³-hybridized carbons (Fsp3) is 0.500. The molecule has 0 saturated carbocycles. The molecule has 0 heterocycles. The summed E-state index contributed by atoms with van der Waals surface area (Å²) in [6.45, 7) is 5.09. The Kier molecular flexibility index (Phi) is 5.11. The quantitative estimate of drug-likeness (QED) is 0.732. The van der Waals surface area contributed by atoms with Gasteiger partial charge in [0.15, 0.2) is 0 Å². The SMILES string of the molecule is CN(Cc1c(Cl)cccc1Cl)C(C)(C)CBr. The van der Waals surface area contributed by atoms with E-state index in [1.807, 2.05) is 18.2 Å². The first kappa shape index (κ1) is 14.3. The van der Waals surface area contributed by atoms with E-state index in [2.05, 4.69) is 41.7 Å². The highest BCUT2D eigenvalue weighted by atomic mass is 79.9. The highest BCUT2D eigenvalue weighted by Gasteiger charge is 2.23. The molecule has 0 saturated heterocycles. The van der Waals surface area contributed by atoms with Crippen LogP contribution in [0.4, 0.5) is 0 Å².